The Balaban J connectivity index is 2.84. The highest BCUT2D eigenvalue weighted by molar-refractivity contribution is 14.1. The van der Waals surface area contributed by atoms with Crippen LogP contribution < -0.4 is 0 Å². The van der Waals surface area contributed by atoms with E-state index in [4.69, 9.17) is 4.42 Å². The maximum atomic E-state index is 4.97. The largest absolute Gasteiger partial charge is 0.457 e. The molecule has 1 heterocycles. The van der Waals surface area contributed by atoms with Crippen LogP contribution in [0.5, 0.6) is 0 Å². The summed E-state index contributed by atoms with van der Waals surface area (Å²) < 4.78 is 6.78. The van der Waals surface area contributed by atoms with Crippen molar-refractivity contribution in [3.63, 3.8) is 0 Å². The van der Waals surface area contributed by atoms with E-state index in [1.165, 1.54) is 5.56 Å². The molecule has 0 N–H and O–H groups in total. The van der Waals surface area contributed by atoms with Crippen molar-refractivity contribution in [1.82, 2.24) is 0 Å². The second kappa shape index (κ2) is 2.87. The minimum atomic E-state index is 0.809. The summed E-state index contributed by atoms with van der Waals surface area (Å²) in [6, 6.07) is 1.96. The van der Waals surface area contributed by atoms with Crippen LogP contribution in [0, 0.1) is 0 Å². The molecule has 1 aromatic rings. The van der Waals surface area contributed by atoms with Crippen LogP contribution in [0.15, 0.2) is 21.4 Å². The van der Waals surface area contributed by atoms with Crippen LogP contribution in [-0.2, 0) is 4.43 Å². The molecule has 0 spiro atoms. The standard InChI is InChI=1S/C5H4BrIO/c6-5-1-4(2-7)3-8-5/h1,3H,2H2. The molecule has 1 aromatic heterocycles. The third kappa shape index (κ3) is 1.48. The molecular weight excluding hydrogens is 283 g/mol. The van der Waals surface area contributed by atoms with Gasteiger partial charge in [0.2, 0.25) is 0 Å². The van der Waals surface area contributed by atoms with Gasteiger partial charge in [-0.05, 0) is 22.0 Å². The lowest BCUT2D eigenvalue weighted by molar-refractivity contribution is 0.539. The molecule has 0 aliphatic carbocycles. The Bertz CT molecular complexity index is 173. The number of halogens is 2. The second-order valence-corrected chi connectivity index (χ2v) is 2.94. The Labute approximate surface area is 69.7 Å². The van der Waals surface area contributed by atoms with Gasteiger partial charge in [0.05, 0.1) is 6.26 Å². The summed E-state index contributed by atoms with van der Waals surface area (Å²) in [5.74, 6) is 0. The van der Waals surface area contributed by atoms with Crippen molar-refractivity contribution in [1.29, 1.82) is 0 Å². The average molecular weight is 287 g/mol. The SMILES string of the molecule is Brc1cc(CI)co1. The molecule has 0 atom stereocenters. The van der Waals surface area contributed by atoms with Crippen molar-refractivity contribution in [3.05, 3.63) is 22.6 Å². The summed E-state index contributed by atoms with van der Waals surface area (Å²) in [6.45, 7) is 0. The van der Waals surface area contributed by atoms with Gasteiger partial charge in [-0.15, -0.1) is 0 Å². The van der Waals surface area contributed by atoms with E-state index in [0.717, 1.165) is 9.10 Å². The van der Waals surface area contributed by atoms with Crippen LogP contribution in [0.4, 0.5) is 0 Å². The number of rotatable bonds is 1. The van der Waals surface area contributed by atoms with Gasteiger partial charge in [-0.3, -0.25) is 0 Å². The van der Waals surface area contributed by atoms with Gasteiger partial charge in [-0.25, -0.2) is 0 Å². The molecule has 0 aliphatic rings. The Morgan fingerprint density at radius 3 is 2.75 bits per heavy atom. The summed E-state index contributed by atoms with van der Waals surface area (Å²) in [5.41, 5.74) is 1.22. The molecule has 0 amide bonds. The van der Waals surface area contributed by atoms with Crippen molar-refractivity contribution < 1.29 is 4.42 Å². The smallest absolute Gasteiger partial charge is 0.169 e. The third-order valence-corrected chi connectivity index (χ3v) is 2.07. The zero-order chi connectivity index (χ0) is 5.98. The molecule has 0 aliphatic heterocycles. The molecule has 0 fully saturated rings. The zero-order valence-electron chi connectivity index (χ0n) is 4.03. The number of furan rings is 1. The summed E-state index contributed by atoms with van der Waals surface area (Å²) in [5, 5.41) is 0. The van der Waals surface area contributed by atoms with Gasteiger partial charge in [-0.1, -0.05) is 22.6 Å². The van der Waals surface area contributed by atoms with Gasteiger partial charge in [0, 0.05) is 9.99 Å². The van der Waals surface area contributed by atoms with Gasteiger partial charge in [0.25, 0.3) is 0 Å². The molecular formula is C5H4BrIO. The summed E-state index contributed by atoms with van der Waals surface area (Å²) in [6.07, 6.45) is 1.75. The topological polar surface area (TPSA) is 13.1 Å². The van der Waals surface area contributed by atoms with Gasteiger partial charge in [0.1, 0.15) is 0 Å². The molecule has 3 heteroatoms. The van der Waals surface area contributed by atoms with Crippen LogP contribution in [0.1, 0.15) is 5.56 Å². The van der Waals surface area contributed by atoms with E-state index in [1.807, 2.05) is 6.07 Å². The molecule has 8 heavy (non-hydrogen) atoms. The zero-order valence-corrected chi connectivity index (χ0v) is 7.77. The van der Waals surface area contributed by atoms with E-state index < -0.39 is 0 Å². The maximum absolute atomic E-state index is 4.97. The lowest BCUT2D eigenvalue weighted by Crippen LogP contribution is -1.62. The van der Waals surface area contributed by atoms with E-state index in [0.29, 0.717) is 0 Å². The highest BCUT2D eigenvalue weighted by Gasteiger charge is 1.93. The minimum absolute atomic E-state index is 0.809. The fourth-order valence-corrected chi connectivity index (χ4v) is 1.20. The van der Waals surface area contributed by atoms with Crippen LogP contribution >= 0.6 is 38.5 Å². The fourth-order valence-electron chi connectivity index (χ4n) is 0.416. The van der Waals surface area contributed by atoms with Crippen molar-refractivity contribution in [2.24, 2.45) is 0 Å². The maximum Gasteiger partial charge on any atom is 0.169 e. The van der Waals surface area contributed by atoms with Gasteiger partial charge in [0.15, 0.2) is 4.67 Å². The predicted molar refractivity (Wildman–Crippen MR) is 44.1 cm³/mol. The normalized spacial score (nSPS) is 9.75. The van der Waals surface area contributed by atoms with Gasteiger partial charge in [-0.2, -0.15) is 0 Å². The van der Waals surface area contributed by atoms with Crippen molar-refractivity contribution in [3.8, 4) is 0 Å². The van der Waals surface area contributed by atoms with E-state index in [-0.39, 0.29) is 0 Å². The highest BCUT2D eigenvalue weighted by atomic mass is 127. The van der Waals surface area contributed by atoms with E-state index in [1.54, 1.807) is 6.26 Å². The Hall–Kier alpha value is 0.490. The van der Waals surface area contributed by atoms with E-state index in [2.05, 4.69) is 38.5 Å². The Morgan fingerprint density at radius 1 is 1.75 bits per heavy atom. The lowest BCUT2D eigenvalue weighted by atomic mass is 10.4. The van der Waals surface area contributed by atoms with Gasteiger partial charge < -0.3 is 4.42 Å². The minimum Gasteiger partial charge on any atom is -0.457 e. The van der Waals surface area contributed by atoms with Crippen molar-refractivity contribution in [2.45, 2.75) is 4.43 Å². The van der Waals surface area contributed by atoms with Crippen molar-refractivity contribution >= 4 is 38.5 Å². The molecule has 1 nitrogen and oxygen atoms in total. The predicted octanol–water partition coefficient (Wildman–Crippen LogP) is 2.98. The van der Waals surface area contributed by atoms with Crippen LogP contribution in [0.25, 0.3) is 0 Å². The van der Waals surface area contributed by atoms with Crippen LogP contribution in [0.3, 0.4) is 0 Å². The number of alkyl halides is 1. The first-order valence-corrected chi connectivity index (χ1v) is 4.43. The Kier molecular flexibility index (Phi) is 2.37. The summed E-state index contributed by atoms with van der Waals surface area (Å²) >= 11 is 5.49. The molecule has 0 aromatic carbocycles. The molecule has 44 valence electrons. The summed E-state index contributed by atoms with van der Waals surface area (Å²) in [7, 11) is 0. The fraction of sp³-hybridized carbons (Fsp3) is 0.200. The quantitative estimate of drug-likeness (QED) is 0.571. The van der Waals surface area contributed by atoms with E-state index in [9.17, 15) is 0 Å². The molecule has 0 radical (unpaired) electrons. The Morgan fingerprint density at radius 2 is 2.50 bits per heavy atom. The summed E-state index contributed by atoms with van der Waals surface area (Å²) in [4.78, 5) is 0. The highest BCUT2D eigenvalue weighted by Crippen LogP contribution is 2.15. The average Bonchev–Trinajstić information content (AvgIpc) is 2.14. The van der Waals surface area contributed by atoms with Crippen LogP contribution in [-0.4, -0.2) is 0 Å². The lowest BCUT2D eigenvalue weighted by Gasteiger charge is -1.75. The monoisotopic (exact) mass is 286 g/mol. The first-order valence-electron chi connectivity index (χ1n) is 2.12. The molecule has 0 saturated carbocycles. The third-order valence-electron chi connectivity index (χ3n) is 0.776. The molecule has 0 unspecified atom stereocenters. The number of hydrogen-bond acceptors (Lipinski definition) is 1. The van der Waals surface area contributed by atoms with Gasteiger partial charge >= 0.3 is 0 Å². The molecule has 0 bridgehead atoms. The first kappa shape index (κ1) is 6.61. The molecule has 0 saturated heterocycles. The van der Waals surface area contributed by atoms with Crippen LogP contribution in [0.2, 0.25) is 0 Å². The number of hydrogen-bond donors (Lipinski definition) is 0. The molecule has 1 rings (SSSR count). The van der Waals surface area contributed by atoms with E-state index >= 15 is 0 Å². The first-order chi connectivity index (χ1) is 3.83. The van der Waals surface area contributed by atoms with Crippen molar-refractivity contribution in [2.75, 3.05) is 0 Å². The second-order valence-electron chi connectivity index (χ2n) is 1.39.